The van der Waals surface area contributed by atoms with E-state index in [4.69, 9.17) is 14.3 Å². The van der Waals surface area contributed by atoms with Crippen LogP contribution in [0.1, 0.15) is 30.9 Å². The van der Waals surface area contributed by atoms with Gasteiger partial charge in [-0.15, -0.1) is 0 Å². The zero-order valence-electron chi connectivity index (χ0n) is 18.5. The molecule has 6 heteroatoms. The second-order valence-electron chi connectivity index (χ2n) is 7.84. The monoisotopic (exact) mass is 431 g/mol. The van der Waals surface area contributed by atoms with Gasteiger partial charge in [-0.05, 0) is 49.7 Å². The Labute approximate surface area is 188 Å². The van der Waals surface area contributed by atoms with Gasteiger partial charge in [-0.2, -0.15) is 5.10 Å². The Morgan fingerprint density at radius 2 is 1.72 bits per heavy atom. The standard InChI is InChI=1S/C26H29N3O3/c1-3-25-24(19-28(17-20(2)30)18-23-15-10-16-31-23)26(32-22-13-8-5-9-14-22)29(27-25)21-11-6-4-7-12-21/h4-16,20,30H,3,17-19H2,1-2H3/t20-/m1/s1. The number of benzene rings is 2. The van der Waals surface area contributed by atoms with E-state index in [0.29, 0.717) is 25.5 Å². The maximum atomic E-state index is 10.1. The fraction of sp³-hybridized carbons (Fsp3) is 0.269. The van der Waals surface area contributed by atoms with Crippen molar-refractivity contribution >= 4 is 0 Å². The normalized spacial score (nSPS) is 12.2. The van der Waals surface area contributed by atoms with Crippen molar-refractivity contribution in [2.75, 3.05) is 6.54 Å². The van der Waals surface area contributed by atoms with E-state index in [0.717, 1.165) is 34.9 Å². The molecule has 0 spiro atoms. The lowest BCUT2D eigenvalue weighted by Crippen LogP contribution is -2.30. The Bertz CT molecular complexity index is 1090. The summed E-state index contributed by atoms with van der Waals surface area (Å²) in [7, 11) is 0. The maximum absolute atomic E-state index is 10.1. The summed E-state index contributed by atoms with van der Waals surface area (Å²) in [6.07, 6.45) is 1.96. The molecule has 0 aliphatic rings. The summed E-state index contributed by atoms with van der Waals surface area (Å²) in [5.41, 5.74) is 2.91. The van der Waals surface area contributed by atoms with E-state index in [9.17, 15) is 5.11 Å². The molecule has 6 nitrogen and oxygen atoms in total. The van der Waals surface area contributed by atoms with Crippen LogP contribution in [0.5, 0.6) is 11.6 Å². The van der Waals surface area contributed by atoms with E-state index in [1.54, 1.807) is 13.2 Å². The van der Waals surface area contributed by atoms with Crippen LogP contribution in [-0.2, 0) is 19.5 Å². The molecule has 0 aliphatic carbocycles. The highest BCUT2D eigenvalue weighted by Gasteiger charge is 2.23. The molecule has 0 aliphatic heterocycles. The van der Waals surface area contributed by atoms with Gasteiger partial charge in [0.05, 0.1) is 35.9 Å². The van der Waals surface area contributed by atoms with E-state index >= 15 is 0 Å². The zero-order chi connectivity index (χ0) is 22.3. The summed E-state index contributed by atoms with van der Waals surface area (Å²) in [6.45, 7) is 5.56. The highest BCUT2D eigenvalue weighted by atomic mass is 16.5. The first-order valence-corrected chi connectivity index (χ1v) is 11.0. The molecule has 0 bridgehead atoms. The number of hydrogen-bond donors (Lipinski definition) is 1. The number of para-hydroxylation sites is 2. The topological polar surface area (TPSA) is 63.7 Å². The Balaban J connectivity index is 1.75. The minimum absolute atomic E-state index is 0.474. The second kappa shape index (κ2) is 10.3. The number of nitrogens with zero attached hydrogens (tertiary/aromatic N) is 3. The third-order valence-electron chi connectivity index (χ3n) is 5.18. The molecule has 0 amide bonds. The highest BCUT2D eigenvalue weighted by molar-refractivity contribution is 5.43. The first kappa shape index (κ1) is 21.9. The summed E-state index contributed by atoms with van der Waals surface area (Å²) >= 11 is 0. The molecule has 32 heavy (non-hydrogen) atoms. The first-order valence-electron chi connectivity index (χ1n) is 11.0. The number of aliphatic hydroxyl groups excluding tert-OH is 1. The molecular formula is C26H29N3O3. The van der Waals surface area contributed by atoms with Gasteiger partial charge >= 0.3 is 0 Å². The molecule has 4 aromatic rings. The zero-order valence-corrected chi connectivity index (χ0v) is 18.5. The summed E-state index contributed by atoms with van der Waals surface area (Å²) in [6, 6.07) is 23.6. The van der Waals surface area contributed by atoms with Crippen molar-refractivity contribution in [3.05, 3.63) is 96.1 Å². The van der Waals surface area contributed by atoms with Crippen molar-refractivity contribution in [3.63, 3.8) is 0 Å². The van der Waals surface area contributed by atoms with Gasteiger partial charge in [-0.25, -0.2) is 4.68 Å². The summed E-state index contributed by atoms with van der Waals surface area (Å²) in [4.78, 5) is 2.16. The summed E-state index contributed by atoms with van der Waals surface area (Å²) in [5, 5.41) is 15.0. The van der Waals surface area contributed by atoms with E-state index in [1.807, 2.05) is 77.5 Å². The third kappa shape index (κ3) is 5.28. The molecule has 166 valence electrons. The molecule has 0 saturated carbocycles. The van der Waals surface area contributed by atoms with Gasteiger partial charge < -0.3 is 14.3 Å². The van der Waals surface area contributed by atoms with Crippen molar-refractivity contribution in [2.45, 2.75) is 39.5 Å². The van der Waals surface area contributed by atoms with Crippen LogP contribution >= 0.6 is 0 Å². The minimum atomic E-state index is -0.474. The Morgan fingerprint density at radius 3 is 2.34 bits per heavy atom. The SMILES string of the molecule is CCc1nn(-c2ccccc2)c(Oc2ccccc2)c1CN(Cc1ccco1)C[C@@H](C)O. The number of aliphatic hydroxyl groups is 1. The number of ether oxygens (including phenoxy) is 1. The summed E-state index contributed by atoms with van der Waals surface area (Å²) in [5.74, 6) is 2.29. The molecule has 0 fully saturated rings. The van der Waals surface area contributed by atoms with Crippen LogP contribution in [0.25, 0.3) is 5.69 Å². The van der Waals surface area contributed by atoms with Crippen LogP contribution in [0.4, 0.5) is 0 Å². The van der Waals surface area contributed by atoms with Crippen molar-refractivity contribution in [1.29, 1.82) is 0 Å². The Kier molecular flexibility index (Phi) is 7.04. The van der Waals surface area contributed by atoms with Crippen molar-refractivity contribution in [2.24, 2.45) is 0 Å². The fourth-order valence-electron chi connectivity index (χ4n) is 3.78. The molecule has 0 radical (unpaired) electrons. The van der Waals surface area contributed by atoms with Crippen molar-refractivity contribution < 1.29 is 14.3 Å². The molecule has 4 rings (SSSR count). The van der Waals surface area contributed by atoms with E-state index < -0.39 is 6.10 Å². The van der Waals surface area contributed by atoms with Crippen LogP contribution < -0.4 is 4.74 Å². The van der Waals surface area contributed by atoms with Gasteiger partial charge in [0, 0.05) is 13.1 Å². The number of rotatable bonds is 10. The highest BCUT2D eigenvalue weighted by Crippen LogP contribution is 2.32. The lowest BCUT2D eigenvalue weighted by Gasteiger charge is -2.23. The largest absolute Gasteiger partial charge is 0.468 e. The van der Waals surface area contributed by atoms with Gasteiger partial charge in [0.25, 0.3) is 0 Å². The predicted octanol–water partition coefficient (Wildman–Crippen LogP) is 5.20. The average molecular weight is 432 g/mol. The maximum Gasteiger partial charge on any atom is 0.227 e. The Hall–Kier alpha value is -3.35. The van der Waals surface area contributed by atoms with Crippen molar-refractivity contribution in [1.82, 2.24) is 14.7 Å². The van der Waals surface area contributed by atoms with Crippen LogP contribution in [0.15, 0.2) is 83.5 Å². The quantitative estimate of drug-likeness (QED) is 0.374. The Morgan fingerprint density at radius 1 is 1.00 bits per heavy atom. The average Bonchev–Trinajstić information content (AvgIpc) is 3.43. The number of furan rings is 1. The van der Waals surface area contributed by atoms with E-state index in [1.165, 1.54) is 0 Å². The van der Waals surface area contributed by atoms with Crippen LogP contribution in [-0.4, -0.2) is 32.4 Å². The minimum Gasteiger partial charge on any atom is -0.468 e. The molecule has 2 heterocycles. The molecule has 1 atom stereocenters. The second-order valence-corrected chi connectivity index (χ2v) is 7.84. The molecular weight excluding hydrogens is 402 g/mol. The van der Waals surface area contributed by atoms with Crippen LogP contribution in [0.3, 0.4) is 0 Å². The molecule has 0 unspecified atom stereocenters. The van der Waals surface area contributed by atoms with Crippen LogP contribution in [0.2, 0.25) is 0 Å². The third-order valence-corrected chi connectivity index (χ3v) is 5.18. The molecule has 2 aromatic heterocycles. The van der Waals surface area contributed by atoms with Gasteiger partial charge in [-0.1, -0.05) is 43.3 Å². The summed E-state index contributed by atoms with van der Waals surface area (Å²) < 4.78 is 13.8. The number of aromatic nitrogens is 2. The van der Waals surface area contributed by atoms with Crippen LogP contribution in [0, 0.1) is 0 Å². The lowest BCUT2D eigenvalue weighted by molar-refractivity contribution is 0.112. The van der Waals surface area contributed by atoms with Gasteiger partial charge in [0.2, 0.25) is 5.88 Å². The van der Waals surface area contributed by atoms with E-state index in [2.05, 4.69) is 11.8 Å². The first-order chi connectivity index (χ1) is 15.6. The van der Waals surface area contributed by atoms with Gasteiger partial charge in [-0.3, -0.25) is 4.90 Å². The number of hydrogen-bond acceptors (Lipinski definition) is 5. The lowest BCUT2D eigenvalue weighted by atomic mass is 10.1. The van der Waals surface area contributed by atoms with Gasteiger partial charge in [0.15, 0.2) is 0 Å². The molecule has 1 N–H and O–H groups in total. The number of aryl methyl sites for hydroxylation is 1. The predicted molar refractivity (Wildman–Crippen MR) is 124 cm³/mol. The fourth-order valence-corrected chi connectivity index (χ4v) is 3.78. The van der Waals surface area contributed by atoms with Gasteiger partial charge in [0.1, 0.15) is 11.5 Å². The smallest absolute Gasteiger partial charge is 0.227 e. The molecule has 0 saturated heterocycles. The van der Waals surface area contributed by atoms with E-state index in [-0.39, 0.29) is 0 Å². The van der Waals surface area contributed by atoms with Crippen molar-refractivity contribution in [3.8, 4) is 17.3 Å². The molecule has 2 aromatic carbocycles.